The molecule has 0 radical (unpaired) electrons. The van der Waals surface area contributed by atoms with Crippen LogP contribution in [0.4, 0.5) is 10.1 Å². The Morgan fingerprint density at radius 2 is 1.61 bits per heavy atom. The second kappa shape index (κ2) is 9.14. The first-order valence-electron chi connectivity index (χ1n) is 11.1. The number of fused-ring (bicyclic) bond motifs is 1. The number of rotatable bonds is 6. The van der Waals surface area contributed by atoms with Gasteiger partial charge in [-0.05, 0) is 31.2 Å². The fourth-order valence-corrected chi connectivity index (χ4v) is 3.90. The van der Waals surface area contributed by atoms with Gasteiger partial charge in [0.2, 0.25) is 17.6 Å². The van der Waals surface area contributed by atoms with E-state index in [0.29, 0.717) is 27.9 Å². The molecule has 5 aromatic rings. The van der Waals surface area contributed by atoms with Gasteiger partial charge in [0.25, 0.3) is 0 Å². The lowest BCUT2D eigenvalue weighted by molar-refractivity contribution is 0.290. The van der Waals surface area contributed by atoms with E-state index in [1.165, 1.54) is 11.0 Å². The number of hydrogen-bond donors (Lipinski definition) is 2. The van der Waals surface area contributed by atoms with Crippen molar-refractivity contribution in [2.75, 3.05) is 19.0 Å². The Balaban J connectivity index is 1.69. The largest absolute Gasteiger partial charge is 0.492 e. The third-order valence-electron chi connectivity index (χ3n) is 5.67. The molecule has 0 atom stereocenters. The summed E-state index contributed by atoms with van der Waals surface area (Å²) in [6.07, 6.45) is 0. The van der Waals surface area contributed by atoms with Gasteiger partial charge in [-0.2, -0.15) is 20.1 Å². The fourth-order valence-electron chi connectivity index (χ4n) is 3.90. The van der Waals surface area contributed by atoms with Crippen molar-refractivity contribution in [1.29, 1.82) is 0 Å². The van der Waals surface area contributed by atoms with Crippen molar-refractivity contribution in [3.05, 3.63) is 77.7 Å². The number of aromatic hydroxyl groups is 2. The summed E-state index contributed by atoms with van der Waals surface area (Å²) >= 11 is 0. The lowest BCUT2D eigenvalue weighted by Crippen LogP contribution is -2.11. The smallest absolute Gasteiger partial charge is 0.242 e. The summed E-state index contributed by atoms with van der Waals surface area (Å²) in [6.45, 7) is 1.74. The number of pyridine rings is 1. The molecule has 0 spiro atoms. The van der Waals surface area contributed by atoms with Gasteiger partial charge in [0.05, 0.1) is 16.9 Å². The molecule has 9 nitrogen and oxygen atoms in total. The normalized spacial score (nSPS) is 11.1. The maximum Gasteiger partial charge on any atom is 0.242 e. The van der Waals surface area contributed by atoms with Crippen molar-refractivity contribution >= 4 is 16.7 Å². The molecular weight excluding hydrogens is 463 g/mol. The zero-order valence-electron chi connectivity index (χ0n) is 19.8. The SMILES string of the molecule is Cc1nn(-c2ccccc2)c2nc(OCc3ccccc3F)c(-c3nc(O)c(N(C)C)c(O)n3)cc12. The Bertz CT molecular complexity index is 1550. The van der Waals surface area contributed by atoms with Crippen molar-refractivity contribution in [3.8, 4) is 34.7 Å². The van der Waals surface area contributed by atoms with Crippen molar-refractivity contribution < 1.29 is 19.3 Å². The van der Waals surface area contributed by atoms with Gasteiger partial charge in [0, 0.05) is 25.0 Å². The van der Waals surface area contributed by atoms with E-state index in [1.54, 1.807) is 43.0 Å². The fraction of sp³-hybridized carbons (Fsp3) is 0.154. The van der Waals surface area contributed by atoms with Gasteiger partial charge in [-0.1, -0.05) is 36.4 Å². The van der Waals surface area contributed by atoms with E-state index in [1.807, 2.05) is 37.3 Å². The standard InChI is InChI=1S/C26H23FN6O3/c1-15-18-13-19(22-28-24(34)21(32(2)3)25(35)29-22)26(36-14-16-9-7-8-12-20(16)27)30-23(18)33(31-15)17-10-5-4-6-11-17/h4-13H,14H2,1-3H3,(H2,28,29,34,35). The second-order valence-electron chi connectivity index (χ2n) is 8.36. The number of nitrogens with zero attached hydrogens (tertiary/aromatic N) is 6. The lowest BCUT2D eigenvalue weighted by atomic mass is 10.1. The van der Waals surface area contributed by atoms with Gasteiger partial charge in [-0.25, -0.2) is 9.07 Å². The highest BCUT2D eigenvalue weighted by Crippen LogP contribution is 2.38. The van der Waals surface area contributed by atoms with E-state index in [9.17, 15) is 14.6 Å². The maximum atomic E-state index is 14.3. The minimum absolute atomic E-state index is 0.000365. The van der Waals surface area contributed by atoms with Crippen molar-refractivity contribution in [3.63, 3.8) is 0 Å². The molecule has 0 saturated carbocycles. The Kier molecular flexibility index (Phi) is 5.85. The Morgan fingerprint density at radius 1 is 0.944 bits per heavy atom. The molecule has 0 unspecified atom stereocenters. The molecule has 36 heavy (non-hydrogen) atoms. The van der Waals surface area contributed by atoms with Crippen LogP contribution in [0, 0.1) is 12.7 Å². The molecule has 3 aromatic heterocycles. The molecule has 3 heterocycles. The van der Waals surface area contributed by atoms with Gasteiger partial charge in [0.15, 0.2) is 17.2 Å². The third kappa shape index (κ3) is 4.13. The van der Waals surface area contributed by atoms with Crippen molar-refractivity contribution in [2.24, 2.45) is 0 Å². The van der Waals surface area contributed by atoms with Gasteiger partial charge in [-0.15, -0.1) is 0 Å². The van der Waals surface area contributed by atoms with Crippen molar-refractivity contribution in [2.45, 2.75) is 13.5 Å². The van der Waals surface area contributed by atoms with Crippen LogP contribution in [0.25, 0.3) is 28.1 Å². The Hall–Kier alpha value is -4.73. The molecule has 2 aromatic carbocycles. The third-order valence-corrected chi connectivity index (χ3v) is 5.67. The van der Waals surface area contributed by atoms with Crippen LogP contribution in [0.15, 0.2) is 60.7 Å². The van der Waals surface area contributed by atoms with E-state index in [2.05, 4.69) is 15.1 Å². The molecule has 0 aliphatic heterocycles. The molecule has 0 aliphatic rings. The first kappa shape index (κ1) is 23.0. The monoisotopic (exact) mass is 486 g/mol. The average molecular weight is 487 g/mol. The molecule has 0 bridgehead atoms. The van der Waals surface area contributed by atoms with Crippen LogP contribution < -0.4 is 9.64 Å². The number of hydrogen-bond acceptors (Lipinski definition) is 8. The predicted molar refractivity (Wildman–Crippen MR) is 133 cm³/mol. The van der Waals surface area contributed by atoms with Gasteiger partial charge in [-0.3, -0.25) is 0 Å². The number of halogens is 1. The molecule has 10 heteroatoms. The predicted octanol–water partition coefficient (Wildman–Crippen LogP) is 4.38. The molecule has 182 valence electrons. The molecule has 0 fully saturated rings. The summed E-state index contributed by atoms with van der Waals surface area (Å²) in [6, 6.07) is 17.5. The number of aromatic nitrogens is 5. The van der Waals surface area contributed by atoms with Crippen LogP contribution in [0.1, 0.15) is 11.3 Å². The van der Waals surface area contributed by atoms with E-state index in [0.717, 1.165) is 5.69 Å². The van der Waals surface area contributed by atoms with Crippen molar-refractivity contribution in [1.82, 2.24) is 24.7 Å². The minimum atomic E-state index is -0.410. The summed E-state index contributed by atoms with van der Waals surface area (Å²) in [5.74, 6) is -1.12. The zero-order chi connectivity index (χ0) is 25.4. The Labute approximate surface area is 206 Å². The van der Waals surface area contributed by atoms with Crippen LogP contribution in [0.2, 0.25) is 0 Å². The average Bonchev–Trinajstić information content (AvgIpc) is 3.18. The van der Waals surface area contributed by atoms with Crippen LogP contribution in [0.5, 0.6) is 17.6 Å². The van der Waals surface area contributed by atoms with Crippen LogP contribution in [-0.4, -0.2) is 49.0 Å². The highest BCUT2D eigenvalue weighted by molar-refractivity contribution is 5.86. The zero-order valence-corrected chi connectivity index (χ0v) is 19.8. The van der Waals surface area contributed by atoms with E-state index in [-0.39, 0.29) is 24.0 Å². The molecule has 0 amide bonds. The first-order chi connectivity index (χ1) is 17.3. The molecule has 2 N–H and O–H groups in total. The van der Waals surface area contributed by atoms with Gasteiger partial charge < -0.3 is 19.8 Å². The molecule has 0 aliphatic carbocycles. The van der Waals surface area contributed by atoms with E-state index >= 15 is 0 Å². The quantitative estimate of drug-likeness (QED) is 0.364. The van der Waals surface area contributed by atoms with Crippen LogP contribution >= 0.6 is 0 Å². The minimum Gasteiger partial charge on any atom is -0.492 e. The van der Waals surface area contributed by atoms with Gasteiger partial charge >= 0.3 is 0 Å². The second-order valence-corrected chi connectivity index (χ2v) is 8.36. The van der Waals surface area contributed by atoms with Crippen LogP contribution in [-0.2, 0) is 6.61 Å². The number of aryl methyl sites for hydroxylation is 1. The Morgan fingerprint density at radius 3 is 2.28 bits per heavy atom. The molecular formula is C26H23FN6O3. The summed E-state index contributed by atoms with van der Waals surface area (Å²) in [4.78, 5) is 14.6. The van der Waals surface area contributed by atoms with E-state index < -0.39 is 17.6 Å². The number of ether oxygens (including phenoxy) is 1. The number of anilines is 1. The highest BCUT2D eigenvalue weighted by Gasteiger charge is 2.22. The first-order valence-corrected chi connectivity index (χ1v) is 11.1. The summed E-state index contributed by atoms with van der Waals surface area (Å²) in [5.41, 5.74) is 2.75. The summed E-state index contributed by atoms with van der Waals surface area (Å²) < 4.78 is 21.9. The lowest BCUT2D eigenvalue weighted by Gasteiger charge is -2.16. The summed E-state index contributed by atoms with van der Waals surface area (Å²) in [5, 5.41) is 26.3. The summed E-state index contributed by atoms with van der Waals surface area (Å²) in [7, 11) is 3.30. The molecule has 0 saturated heterocycles. The van der Waals surface area contributed by atoms with Gasteiger partial charge in [0.1, 0.15) is 12.4 Å². The number of benzene rings is 2. The topological polar surface area (TPSA) is 109 Å². The van der Waals surface area contributed by atoms with Crippen LogP contribution in [0.3, 0.4) is 0 Å². The molecule has 5 rings (SSSR count). The maximum absolute atomic E-state index is 14.3. The van der Waals surface area contributed by atoms with E-state index in [4.69, 9.17) is 9.72 Å². The highest BCUT2D eigenvalue weighted by atomic mass is 19.1. The number of para-hydroxylation sites is 1.